The van der Waals surface area contributed by atoms with Crippen LogP contribution < -0.4 is 9.65 Å². The predicted octanol–water partition coefficient (Wildman–Crippen LogP) is 3.46. The zero-order chi connectivity index (χ0) is 22.4. The molecule has 1 aliphatic carbocycles. The van der Waals surface area contributed by atoms with Crippen molar-refractivity contribution < 1.29 is 35.3 Å². The van der Waals surface area contributed by atoms with Gasteiger partial charge in [-0.3, -0.25) is 0 Å². The Kier molecular flexibility index (Phi) is 5.99. The molecule has 0 bridgehead atoms. The fourth-order valence-corrected chi connectivity index (χ4v) is 4.07. The first kappa shape index (κ1) is 23.0. The van der Waals surface area contributed by atoms with Crippen LogP contribution in [0.15, 0.2) is 18.2 Å². The summed E-state index contributed by atoms with van der Waals surface area (Å²) in [5.41, 5.74) is -1.59. The summed E-state index contributed by atoms with van der Waals surface area (Å²) in [4.78, 5) is 13.0. The molecular weight excluding hydrogens is 414 g/mol. The van der Waals surface area contributed by atoms with Gasteiger partial charge < -0.3 is 18.2 Å². The maximum atomic E-state index is 13.0. The third kappa shape index (κ3) is 4.98. The van der Waals surface area contributed by atoms with Crippen LogP contribution in [0.1, 0.15) is 77.1 Å². The predicted molar refractivity (Wildman–Crippen MR) is 110 cm³/mol. The Bertz CT molecular complexity index is 907. The second-order valence-electron chi connectivity index (χ2n) is 9.21. The SMILES string of the molecule is CC1(OC(=O)c2ccc(OS(=O)(=O)F)cc2B2OC(C)(C)C(C)(C)O2)CCCCC1. The lowest BCUT2D eigenvalue weighted by atomic mass is 9.75. The average molecular weight is 442 g/mol. The molecule has 1 heterocycles. The molecule has 0 aromatic heterocycles. The van der Waals surface area contributed by atoms with E-state index in [2.05, 4.69) is 4.18 Å². The van der Waals surface area contributed by atoms with Crippen molar-refractivity contribution in [3.05, 3.63) is 23.8 Å². The normalized spacial score (nSPS) is 22.5. The molecule has 1 aliphatic heterocycles. The summed E-state index contributed by atoms with van der Waals surface area (Å²) in [6.07, 6.45) is 4.61. The van der Waals surface area contributed by atoms with Crippen LogP contribution in [0.4, 0.5) is 3.89 Å². The molecule has 0 unspecified atom stereocenters. The van der Waals surface area contributed by atoms with E-state index in [1.54, 1.807) is 0 Å². The van der Waals surface area contributed by atoms with E-state index in [1.165, 1.54) is 18.2 Å². The second-order valence-corrected chi connectivity index (χ2v) is 10.2. The van der Waals surface area contributed by atoms with Crippen LogP contribution in [0.25, 0.3) is 0 Å². The molecule has 3 rings (SSSR count). The molecule has 0 spiro atoms. The third-order valence-electron chi connectivity index (χ3n) is 6.20. The van der Waals surface area contributed by atoms with Crippen LogP contribution in [-0.4, -0.2) is 38.3 Å². The van der Waals surface area contributed by atoms with E-state index in [-0.39, 0.29) is 16.8 Å². The van der Waals surface area contributed by atoms with Crippen molar-refractivity contribution in [2.24, 2.45) is 0 Å². The van der Waals surface area contributed by atoms with E-state index in [0.29, 0.717) is 0 Å². The van der Waals surface area contributed by atoms with Crippen molar-refractivity contribution in [1.29, 1.82) is 0 Å². The lowest BCUT2D eigenvalue weighted by Gasteiger charge is -2.33. The van der Waals surface area contributed by atoms with Crippen LogP contribution in [0, 0.1) is 0 Å². The fraction of sp³-hybridized carbons (Fsp3) is 0.650. The minimum Gasteiger partial charge on any atom is -0.456 e. The Morgan fingerprint density at radius 3 is 2.13 bits per heavy atom. The van der Waals surface area contributed by atoms with Gasteiger partial charge in [-0.2, -0.15) is 8.42 Å². The van der Waals surface area contributed by atoms with Gasteiger partial charge in [-0.1, -0.05) is 10.3 Å². The van der Waals surface area contributed by atoms with Gasteiger partial charge in [0.25, 0.3) is 0 Å². The molecule has 1 saturated heterocycles. The van der Waals surface area contributed by atoms with Gasteiger partial charge in [0.15, 0.2) is 0 Å². The molecule has 1 aromatic carbocycles. The largest absolute Gasteiger partial charge is 0.495 e. The van der Waals surface area contributed by atoms with Gasteiger partial charge in [0.2, 0.25) is 0 Å². The van der Waals surface area contributed by atoms with Gasteiger partial charge in [-0.25, -0.2) is 4.79 Å². The minimum absolute atomic E-state index is 0.156. The van der Waals surface area contributed by atoms with Crippen LogP contribution in [-0.2, 0) is 24.5 Å². The van der Waals surface area contributed by atoms with E-state index in [0.717, 1.165) is 32.1 Å². The Balaban J connectivity index is 1.97. The maximum Gasteiger partial charge on any atom is 0.495 e. The van der Waals surface area contributed by atoms with Crippen molar-refractivity contribution in [2.75, 3.05) is 0 Å². The lowest BCUT2D eigenvalue weighted by Crippen LogP contribution is -2.41. The van der Waals surface area contributed by atoms with E-state index in [9.17, 15) is 17.1 Å². The summed E-state index contributed by atoms with van der Waals surface area (Å²) < 4.78 is 57.1. The highest BCUT2D eigenvalue weighted by Crippen LogP contribution is 2.37. The number of rotatable bonds is 5. The number of halogens is 1. The van der Waals surface area contributed by atoms with Crippen molar-refractivity contribution >= 4 is 29.1 Å². The number of benzene rings is 1. The average Bonchev–Trinajstić information content (AvgIpc) is 2.81. The fourth-order valence-electron chi connectivity index (χ4n) is 3.74. The number of hydrogen-bond donors (Lipinski definition) is 0. The molecule has 2 aliphatic rings. The van der Waals surface area contributed by atoms with Crippen LogP contribution in [0.2, 0.25) is 0 Å². The minimum atomic E-state index is -5.23. The molecule has 0 radical (unpaired) electrons. The summed E-state index contributed by atoms with van der Waals surface area (Å²) in [5.74, 6) is -0.860. The van der Waals surface area contributed by atoms with Gasteiger partial charge in [0, 0.05) is 5.46 Å². The van der Waals surface area contributed by atoms with E-state index < -0.39 is 40.4 Å². The quantitative estimate of drug-likeness (QED) is 0.392. The Labute approximate surface area is 177 Å². The number of hydrogen-bond acceptors (Lipinski definition) is 7. The zero-order valence-electron chi connectivity index (χ0n) is 18.0. The van der Waals surface area contributed by atoms with Crippen molar-refractivity contribution in [1.82, 2.24) is 0 Å². The zero-order valence-corrected chi connectivity index (χ0v) is 18.8. The molecule has 0 N–H and O–H groups in total. The summed E-state index contributed by atoms with van der Waals surface area (Å²) in [7, 11) is -6.21. The van der Waals surface area contributed by atoms with E-state index in [4.69, 9.17) is 14.0 Å². The van der Waals surface area contributed by atoms with Crippen molar-refractivity contribution in [3.63, 3.8) is 0 Å². The van der Waals surface area contributed by atoms with Gasteiger partial charge in [-0.15, -0.1) is 0 Å². The molecule has 1 aromatic rings. The molecule has 0 atom stereocenters. The Morgan fingerprint density at radius 2 is 1.60 bits per heavy atom. The Hall–Kier alpha value is -1.65. The van der Waals surface area contributed by atoms with Crippen molar-refractivity contribution in [2.45, 2.75) is 83.5 Å². The van der Waals surface area contributed by atoms with Crippen LogP contribution in [0.3, 0.4) is 0 Å². The number of carbonyl (C=O) groups is 1. The molecular formula is C20H28BFO7S. The van der Waals surface area contributed by atoms with Crippen LogP contribution in [0.5, 0.6) is 5.75 Å². The summed E-state index contributed by atoms with van der Waals surface area (Å²) in [6.45, 7) is 9.30. The van der Waals surface area contributed by atoms with Crippen molar-refractivity contribution in [3.8, 4) is 5.75 Å². The maximum absolute atomic E-state index is 13.0. The highest BCUT2D eigenvalue weighted by molar-refractivity contribution is 7.81. The van der Waals surface area contributed by atoms with E-state index in [1.807, 2.05) is 34.6 Å². The van der Waals surface area contributed by atoms with Gasteiger partial charge in [0.1, 0.15) is 11.4 Å². The second kappa shape index (κ2) is 7.80. The molecule has 7 nitrogen and oxygen atoms in total. The summed E-state index contributed by atoms with van der Waals surface area (Å²) in [5, 5.41) is 0. The smallest absolute Gasteiger partial charge is 0.456 e. The molecule has 1 saturated carbocycles. The number of carbonyl (C=O) groups excluding carboxylic acids is 1. The number of esters is 1. The summed E-state index contributed by atoms with van der Waals surface area (Å²) >= 11 is 0. The summed E-state index contributed by atoms with van der Waals surface area (Å²) in [6, 6.07) is 3.78. The molecule has 30 heavy (non-hydrogen) atoms. The highest BCUT2D eigenvalue weighted by Gasteiger charge is 2.53. The standard InChI is InChI=1S/C20H28BFO7S/c1-18(2)19(3,4)29-21(28-18)16-13-14(27-30(22,24)25)9-10-15(16)17(23)26-20(5)11-7-6-8-12-20/h9-10,13H,6-8,11-12H2,1-5H3. The van der Waals surface area contributed by atoms with Crippen LogP contribution >= 0.6 is 0 Å². The third-order valence-corrected chi connectivity index (χ3v) is 6.59. The molecule has 10 heteroatoms. The molecule has 166 valence electrons. The van der Waals surface area contributed by atoms with E-state index >= 15 is 0 Å². The molecule has 0 amide bonds. The first-order chi connectivity index (χ1) is 13.7. The molecule has 2 fully saturated rings. The highest BCUT2D eigenvalue weighted by atomic mass is 32.3. The Morgan fingerprint density at radius 1 is 1.03 bits per heavy atom. The lowest BCUT2D eigenvalue weighted by molar-refractivity contribution is -0.0268. The van der Waals surface area contributed by atoms with Gasteiger partial charge >= 0.3 is 23.6 Å². The van der Waals surface area contributed by atoms with Gasteiger partial charge in [0.05, 0.1) is 16.8 Å². The van der Waals surface area contributed by atoms with Gasteiger partial charge in [-0.05, 0) is 78.5 Å². The first-order valence-electron chi connectivity index (χ1n) is 10.1. The topological polar surface area (TPSA) is 88.1 Å². The first-order valence-corrected chi connectivity index (χ1v) is 11.4. The monoisotopic (exact) mass is 442 g/mol. The number of ether oxygens (including phenoxy) is 1.